The van der Waals surface area contributed by atoms with E-state index < -0.39 is 5.97 Å². The van der Waals surface area contributed by atoms with E-state index >= 15 is 0 Å². The highest BCUT2D eigenvalue weighted by molar-refractivity contribution is 5.84. The highest BCUT2D eigenvalue weighted by atomic mass is 16.4. The summed E-state index contributed by atoms with van der Waals surface area (Å²) < 4.78 is 1.56. The fraction of sp³-hybridized carbons (Fsp3) is 0.222. The normalized spacial score (nSPS) is 10.6. The Labute approximate surface area is 80.0 Å². The van der Waals surface area contributed by atoms with Crippen molar-refractivity contribution in [2.24, 2.45) is 0 Å². The van der Waals surface area contributed by atoms with Crippen LogP contribution >= 0.6 is 0 Å². The van der Waals surface area contributed by atoms with Gasteiger partial charge in [-0.25, -0.2) is 4.79 Å². The minimum Gasteiger partial charge on any atom is -0.475 e. The number of carboxylic acids is 1. The van der Waals surface area contributed by atoms with Crippen molar-refractivity contribution >= 4 is 11.6 Å². The maximum absolute atomic E-state index is 10.8. The van der Waals surface area contributed by atoms with Crippen LogP contribution < -0.4 is 0 Å². The lowest BCUT2D eigenvalue weighted by atomic mass is 10.3. The second-order valence-corrected chi connectivity index (χ2v) is 2.89. The number of pyridine rings is 1. The van der Waals surface area contributed by atoms with Gasteiger partial charge in [-0.1, -0.05) is 13.0 Å². The zero-order valence-electron chi connectivity index (χ0n) is 7.64. The van der Waals surface area contributed by atoms with Crippen LogP contribution in [-0.2, 0) is 6.42 Å². The molecule has 0 saturated heterocycles. The van der Waals surface area contributed by atoms with E-state index in [2.05, 4.69) is 10.2 Å². The van der Waals surface area contributed by atoms with E-state index in [1.807, 2.05) is 19.1 Å². The largest absolute Gasteiger partial charge is 0.475 e. The molecule has 0 unspecified atom stereocenters. The van der Waals surface area contributed by atoms with Gasteiger partial charge in [0.15, 0.2) is 5.65 Å². The number of aryl methyl sites for hydroxylation is 1. The monoisotopic (exact) mass is 191 g/mol. The van der Waals surface area contributed by atoms with Crippen LogP contribution in [0.3, 0.4) is 0 Å². The summed E-state index contributed by atoms with van der Waals surface area (Å²) in [6.45, 7) is 1.96. The first-order chi connectivity index (χ1) is 6.74. The Balaban J connectivity index is 2.81. The predicted molar refractivity (Wildman–Crippen MR) is 49.3 cm³/mol. The Kier molecular flexibility index (Phi) is 1.92. The van der Waals surface area contributed by atoms with Crippen molar-refractivity contribution in [3.05, 3.63) is 29.7 Å². The zero-order chi connectivity index (χ0) is 10.1. The van der Waals surface area contributed by atoms with Crippen molar-refractivity contribution in [1.82, 2.24) is 14.6 Å². The van der Waals surface area contributed by atoms with Gasteiger partial charge in [-0.3, -0.25) is 4.40 Å². The number of carboxylic acid groups (broad SMARTS) is 1. The topological polar surface area (TPSA) is 67.5 Å². The molecule has 0 aliphatic rings. The van der Waals surface area contributed by atoms with E-state index in [1.54, 1.807) is 10.5 Å². The SMILES string of the molecule is CCc1cccc2nnc(C(=O)O)n12. The number of fused-ring (bicyclic) bond motifs is 1. The molecule has 14 heavy (non-hydrogen) atoms. The Hall–Kier alpha value is -1.91. The van der Waals surface area contributed by atoms with Crippen LogP contribution in [0.5, 0.6) is 0 Å². The van der Waals surface area contributed by atoms with Crippen molar-refractivity contribution in [3.8, 4) is 0 Å². The van der Waals surface area contributed by atoms with Crippen molar-refractivity contribution in [2.75, 3.05) is 0 Å². The number of hydrogen-bond acceptors (Lipinski definition) is 3. The fourth-order valence-corrected chi connectivity index (χ4v) is 1.42. The summed E-state index contributed by atoms with van der Waals surface area (Å²) in [6.07, 6.45) is 0.746. The Morgan fingerprint density at radius 2 is 2.29 bits per heavy atom. The molecule has 0 radical (unpaired) electrons. The van der Waals surface area contributed by atoms with Gasteiger partial charge in [0.05, 0.1) is 0 Å². The maximum atomic E-state index is 10.8. The number of aromatic carboxylic acids is 1. The lowest BCUT2D eigenvalue weighted by Crippen LogP contribution is -2.06. The van der Waals surface area contributed by atoms with Crippen LogP contribution in [-0.4, -0.2) is 25.7 Å². The standard InChI is InChI=1S/C9H9N3O2/c1-2-6-4-3-5-7-10-11-8(9(13)14)12(6)7/h3-5H,2H2,1H3,(H,13,14). The molecule has 0 aliphatic heterocycles. The minimum atomic E-state index is -1.06. The van der Waals surface area contributed by atoms with E-state index in [1.165, 1.54) is 0 Å². The van der Waals surface area contributed by atoms with Crippen LogP contribution in [0.1, 0.15) is 23.2 Å². The van der Waals surface area contributed by atoms with Gasteiger partial charge in [0.1, 0.15) is 0 Å². The molecule has 0 fully saturated rings. The van der Waals surface area contributed by atoms with Gasteiger partial charge in [-0.15, -0.1) is 10.2 Å². The quantitative estimate of drug-likeness (QED) is 0.768. The smallest absolute Gasteiger partial charge is 0.374 e. The highest BCUT2D eigenvalue weighted by Crippen LogP contribution is 2.08. The molecule has 0 spiro atoms. The fourth-order valence-electron chi connectivity index (χ4n) is 1.42. The van der Waals surface area contributed by atoms with Crippen LogP contribution in [0.15, 0.2) is 18.2 Å². The molecule has 2 rings (SSSR count). The summed E-state index contributed by atoms with van der Waals surface area (Å²) in [4.78, 5) is 10.8. The number of hydrogen-bond donors (Lipinski definition) is 1. The molecule has 0 atom stereocenters. The van der Waals surface area contributed by atoms with Crippen LogP contribution in [0, 0.1) is 0 Å². The maximum Gasteiger partial charge on any atom is 0.374 e. The van der Waals surface area contributed by atoms with E-state index in [4.69, 9.17) is 5.11 Å². The van der Waals surface area contributed by atoms with E-state index in [0.717, 1.165) is 12.1 Å². The van der Waals surface area contributed by atoms with Crippen LogP contribution in [0.2, 0.25) is 0 Å². The second kappa shape index (κ2) is 3.10. The number of aromatic nitrogens is 3. The summed E-state index contributed by atoms with van der Waals surface area (Å²) in [5.74, 6) is -1.09. The molecule has 0 saturated carbocycles. The van der Waals surface area contributed by atoms with Gasteiger partial charge in [-0.2, -0.15) is 0 Å². The van der Waals surface area contributed by atoms with E-state index in [0.29, 0.717) is 5.65 Å². The lowest BCUT2D eigenvalue weighted by molar-refractivity contribution is 0.0681. The van der Waals surface area contributed by atoms with Crippen molar-refractivity contribution in [1.29, 1.82) is 0 Å². The average Bonchev–Trinajstić information content (AvgIpc) is 2.60. The third-order valence-electron chi connectivity index (χ3n) is 2.06. The van der Waals surface area contributed by atoms with Gasteiger partial charge in [0, 0.05) is 5.69 Å². The molecular weight excluding hydrogens is 182 g/mol. The first-order valence-electron chi connectivity index (χ1n) is 4.30. The lowest BCUT2D eigenvalue weighted by Gasteiger charge is -2.01. The van der Waals surface area contributed by atoms with E-state index in [-0.39, 0.29) is 5.82 Å². The number of nitrogens with zero attached hydrogens (tertiary/aromatic N) is 3. The summed E-state index contributed by atoms with van der Waals surface area (Å²) in [6, 6.07) is 5.44. The Morgan fingerprint density at radius 3 is 2.93 bits per heavy atom. The van der Waals surface area contributed by atoms with E-state index in [9.17, 15) is 4.79 Å². The molecular formula is C9H9N3O2. The molecule has 0 aromatic carbocycles. The van der Waals surface area contributed by atoms with Gasteiger partial charge in [0.2, 0.25) is 5.82 Å². The van der Waals surface area contributed by atoms with Gasteiger partial charge in [0.25, 0.3) is 0 Å². The summed E-state index contributed by atoms with van der Waals surface area (Å²) >= 11 is 0. The van der Waals surface area contributed by atoms with Gasteiger partial charge < -0.3 is 5.11 Å². The van der Waals surface area contributed by atoms with Crippen LogP contribution in [0.25, 0.3) is 5.65 Å². The minimum absolute atomic E-state index is 0.0301. The summed E-state index contributed by atoms with van der Waals surface area (Å²) in [5.41, 5.74) is 1.46. The molecule has 2 heterocycles. The third kappa shape index (κ3) is 1.14. The molecule has 0 bridgehead atoms. The average molecular weight is 191 g/mol. The first-order valence-corrected chi connectivity index (χ1v) is 4.30. The van der Waals surface area contributed by atoms with Crippen molar-refractivity contribution in [2.45, 2.75) is 13.3 Å². The zero-order valence-corrected chi connectivity index (χ0v) is 7.64. The molecule has 2 aromatic heterocycles. The van der Waals surface area contributed by atoms with Crippen molar-refractivity contribution < 1.29 is 9.90 Å². The summed E-state index contributed by atoms with van der Waals surface area (Å²) in [5, 5.41) is 16.3. The number of carbonyl (C=O) groups is 1. The summed E-state index contributed by atoms with van der Waals surface area (Å²) in [7, 11) is 0. The Bertz CT molecular complexity index is 490. The molecule has 5 heteroatoms. The van der Waals surface area contributed by atoms with Gasteiger partial charge >= 0.3 is 5.97 Å². The number of rotatable bonds is 2. The molecule has 0 amide bonds. The Morgan fingerprint density at radius 1 is 1.50 bits per heavy atom. The molecule has 72 valence electrons. The second-order valence-electron chi connectivity index (χ2n) is 2.89. The first kappa shape index (κ1) is 8.68. The molecule has 5 nitrogen and oxygen atoms in total. The van der Waals surface area contributed by atoms with Crippen molar-refractivity contribution in [3.63, 3.8) is 0 Å². The predicted octanol–water partition coefficient (Wildman–Crippen LogP) is 0.990. The third-order valence-corrected chi connectivity index (χ3v) is 2.06. The molecule has 1 N–H and O–H groups in total. The molecule has 0 aliphatic carbocycles. The van der Waals surface area contributed by atoms with Crippen LogP contribution in [0.4, 0.5) is 0 Å². The molecule has 2 aromatic rings. The highest BCUT2D eigenvalue weighted by Gasteiger charge is 2.13. The van der Waals surface area contributed by atoms with Gasteiger partial charge in [-0.05, 0) is 18.6 Å².